The van der Waals surface area contributed by atoms with Crippen molar-refractivity contribution in [3.05, 3.63) is 212 Å². The highest BCUT2D eigenvalue weighted by molar-refractivity contribution is 6.25. The van der Waals surface area contributed by atoms with Crippen molar-refractivity contribution in [2.75, 3.05) is 0 Å². The molecule has 0 fully saturated rings. The molecule has 0 aliphatic carbocycles. The molecule has 0 saturated carbocycles. The number of hydrogen-bond acceptors (Lipinski definition) is 3. The summed E-state index contributed by atoms with van der Waals surface area (Å²) >= 11 is 0. The Hall–Kier alpha value is -8.29. The number of hydrogen-bond donors (Lipinski definition) is 0. The molecule has 0 aliphatic heterocycles. The fraction of sp³-hybridized carbons (Fsp3) is 0. The van der Waals surface area contributed by atoms with Gasteiger partial charge in [-0.1, -0.05) is 146 Å². The molecule has 0 unspecified atom stereocenters. The molecule has 282 valence electrons. The molecule has 4 aromatic heterocycles. The van der Waals surface area contributed by atoms with Crippen LogP contribution in [-0.4, -0.2) is 33.4 Å². The first-order chi connectivity index (χ1) is 29.8. The molecule has 12 rings (SSSR count). The second-order valence-corrected chi connectivity index (χ2v) is 15.0. The van der Waals surface area contributed by atoms with Crippen LogP contribution in [-0.2, 0) is 0 Å². The molecule has 12 aromatic rings. The number of benzene rings is 8. The predicted molar refractivity (Wildman–Crippen MR) is 243 cm³/mol. The monoisotopic (exact) mass is 769 g/mol. The van der Waals surface area contributed by atoms with E-state index in [-0.39, 0.29) is 0 Å². The van der Waals surface area contributed by atoms with Crippen LogP contribution in [0.5, 0.6) is 0 Å². The Morgan fingerprint density at radius 3 is 1.30 bits per heavy atom. The molecule has 0 atom stereocenters. The fourth-order valence-electron chi connectivity index (χ4n) is 8.92. The zero-order valence-electron chi connectivity index (χ0n) is 32.3. The van der Waals surface area contributed by atoms with E-state index in [1.54, 1.807) is 0 Å². The largest absolute Gasteiger partial charge is 0.309 e. The van der Waals surface area contributed by atoms with Gasteiger partial charge in [-0.05, 0) is 66.7 Å². The summed E-state index contributed by atoms with van der Waals surface area (Å²) in [5, 5.41) is 12.9. The van der Waals surface area contributed by atoms with Crippen LogP contribution in [0, 0.1) is 0 Å². The minimum Gasteiger partial charge on any atom is -0.309 e. The van der Waals surface area contributed by atoms with Crippen LogP contribution in [0.15, 0.2) is 212 Å². The third-order valence-electron chi connectivity index (χ3n) is 11.5. The van der Waals surface area contributed by atoms with E-state index in [2.05, 4.69) is 194 Å². The van der Waals surface area contributed by atoms with Gasteiger partial charge in [0.05, 0.1) is 16.6 Å². The average Bonchev–Trinajstić information content (AvgIpc) is 4.10. The first-order valence-corrected chi connectivity index (χ1v) is 20.1. The van der Waals surface area contributed by atoms with Gasteiger partial charge < -0.3 is 4.57 Å². The van der Waals surface area contributed by atoms with Gasteiger partial charge in [0.25, 0.3) is 0 Å². The molecule has 7 nitrogen and oxygen atoms in total. The second kappa shape index (κ2) is 13.7. The summed E-state index contributed by atoms with van der Waals surface area (Å²) in [5.74, 6) is 2.48. The maximum Gasteiger partial charge on any atom is 0.168 e. The lowest BCUT2D eigenvalue weighted by Crippen LogP contribution is -2.01. The molecular formula is C53H35N7. The van der Waals surface area contributed by atoms with E-state index in [0.29, 0.717) is 0 Å². The van der Waals surface area contributed by atoms with E-state index in [9.17, 15) is 0 Å². The lowest BCUT2D eigenvalue weighted by molar-refractivity contribution is 1.07. The highest BCUT2D eigenvalue weighted by atomic mass is 15.3. The van der Waals surface area contributed by atoms with Crippen molar-refractivity contribution in [2.24, 2.45) is 0 Å². The van der Waals surface area contributed by atoms with Crippen LogP contribution in [0.3, 0.4) is 0 Å². The lowest BCUT2D eigenvalue weighted by atomic mass is 10.1. The van der Waals surface area contributed by atoms with Crippen molar-refractivity contribution in [1.29, 1.82) is 0 Å². The minimum absolute atomic E-state index is 0.791. The Kier molecular flexibility index (Phi) is 7.71. The Balaban J connectivity index is 1.12. The zero-order valence-corrected chi connectivity index (χ0v) is 32.3. The van der Waals surface area contributed by atoms with Gasteiger partial charge in [-0.2, -0.15) is 0 Å². The van der Waals surface area contributed by atoms with E-state index in [0.717, 1.165) is 90.0 Å². The van der Waals surface area contributed by atoms with Crippen LogP contribution in [0.1, 0.15) is 0 Å². The smallest absolute Gasteiger partial charge is 0.168 e. The number of rotatable bonds is 7. The van der Waals surface area contributed by atoms with Gasteiger partial charge in [0.15, 0.2) is 17.3 Å². The van der Waals surface area contributed by atoms with Crippen LogP contribution in [0.4, 0.5) is 0 Å². The second-order valence-electron chi connectivity index (χ2n) is 15.0. The number of nitrogens with zero attached hydrogens (tertiary/aromatic N) is 7. The number of para-hydroxylation sites is 3. The van der Waals surface area contributed by atoms with Crippen LogP contribution >= 0.6 is 0 Å². The highest BCUT2D eigenvalue weighted by Gasteiger charge is 2.27. The van der Waals surface area contributed by atoms with Crippen molar-refractivity contribution in [3.8, 4) is 56.9 Å². The van der Waals surface area contributed by atoms with Crippen LogP contribution in [0.2, 0.25) is 0 Å². The normalized spacial score (nSPS) is 11.7. The Morgan fingerprint density at radius 1 is 0.283 bits per heavy atom. The quantitative estimate of drug-likeness (QED) is 0.162. The summed E-state index contributed by atoms with van der Waals surface area (Å²) in [5.41, 5.74) is 12.6. The topological polar surface area (TPSA) is 58.4 Å². The van der Waals surface area contributed by atoms with Gasteiger partial charge >= 0.3 is 0 Å². The van der Waals surface area contributed by atoms with E-state index in [1.165, 1.54) is 10.8 Å². The molecule has 8 aromatic carbocycles. The van der Waals surface area contributed by atoms with Gasteiger partial charge in [-0.15, -0.1) is 10.2 Å². The third kappa shape index (κ3) is 5.19. The lowest BCUT2D eigenvalue weighted by Gasteiger charge is -2.13. The molecule has 4 heterocycles. The SMILES string of the molecule is c1ccc(-c2nnc(-c3ccccc3)n2-c2ccc(-n3c4ccccc4c4c3ccc3c5c(nc(-c6ccccc6)n5-c5ccccc5)n(-c5ccccc5)c34)cc2)cc1. The highest BCUT2D eigenvalue weighted by Crippen LogP contribution is 2.44. The molecule has 0 bridgehead atoms. The maximum absolute atomic E-state index is 5.52. The summed E-state index contributed by atoms with van der Waals surface area (Å²) in [4.78, 5) is 5.52. The summed E-state index contributed by atoms with van der Waals surface area (Å²) < 4.78 is 9.23. The zero-order chi connectivity index (χ0) is 39.6. The Morgan fingerprint density at radius 2 is 0.733 bits per heavy atom. The molecule has 0 saturated heterocycles. The van der Waals surface area contributed by atoms with Gasteiger partial charge in [-0.25, -0.2) is 4.98 Å². The predicted octanol–water partition coefficient (Wildman–Crippen LogP) is 12.6. The summed E-state index contributed by atoms with van der Waals surface area (Å²) in [7, 11) is 0. The first-order valence-electron chi connectivity index (χ1n) is 20.1. The average molecular weight is 770 g/mol. The van der Waals surface area contributed by atoms with Gasteiger partial charge in [0.1, 0.15) is 11.3 Å². The van der Waals surface area contributed by atoms with Gasteiger partial charge in [-0.3, -0.25) is 13.7 Å². The summed E-state index contributed by atoms with van der Waals surface area (Å²) in [6.07, 6.45) is 0. The maximum atomic E-state index is 5.52. The van der Waals surface area contributed by atoms with Crippen molar-refractivity contribution < 1.29 is 0 Å². The van der Waals surface area contributed by atoms with E-state index >= 15 is 0 Å². The van der Waals surface area contributed by atoms with Crippen LogP contribution < -0.4 is 0 Å². The van der Waals surface area contributed by atoms with E-state index in [4.69, 9.17) is 15.2 Å². The number of fused-ring (bicyclic) bond motifs is 7. The molecule has 0 aliphatic rings. The molecule has 7 heteroatoms. The molecule has 0 radical (unpaired) electrons. The standard InChI is InChI=1S/C53H35N7/c1-6-18-36(19-7-1)50-54-53-49(59(50)40-26-14-5-15-27-40)44-34-35-46-47(48(44)58(53)39-24-12-4-13-25-39)43-28-16-17-29-45(43)57(46)41-30-32-42(33-31-41)60-51(37-20-8-2-9-21-37)55-56-52(60)38-22-10-3-11-23-38/h1-35H. The van der Waals surface area contributed by atoms with Gasteiger partial charge in [0, 0.05) is 55.6 Å². The van der Waals surface area contributed by atoms with Crippen molar-refractivity contribution in [1.82, 2.24) is 33.4 Å². The fourth-order valence-corrected chi connectivity index (χ4v) is 8.92. The van der Waals surface area contributed by atoms with Gasteiger partial charge in [0.2, 0.25) is 0 Å². The number of aromatic nitrogens is 7. The third-order valence-corrected chi connectivity index (χ3v) is 11.5. The van der Waals surface area contributed by atoms with Crippen molar-refractivity contribution >= 4 is 43.9 Å². The van der Waals surface area contributed by atoms with Crippen LogP contribution in [0.25, 0.3) is 101 Å². The first kappa shape index (κ1) is 33.8. The molecule has 60 heavy (non-hydrogen) atoms. The van der Waals surface area contributed by atoms with Crippen molar-refractivity contribution in [2.45, 2.75) is 0 Å². The summed E-state index contributed by atoms with van der Waals surface area (Å²) in [6, 6.07) is 74.3. The number of imidazole rings is 1. The van der Waals surface area contributed by atoms with E-state index < -0.39 is 0 Å². The summed E-state index contributed by atoms with van der Waals surface area (Å²) in [6.45, 7) is 0. The minimum atomic E-state index is 0.791. The molecule has 0 amide bonds. The van der Waals surface area contributed by atoms with E-state index in [1.807, 2.05) is 36.4 Å². The molecular weight excluding hydrogens is 735 g/mol. The van der Waals surface area contributed by atoms with Crippen molar-refractivity contribution in [3.63, 3.8) is 0 Å². The Bertz CT molecular complexity index is 3430. The molecule has 0 N–H and O–H groups in total. The molecule has 0 spiro atoms. The Labute approximate surface area is 345 Å².